The van der Waals surface area contributed by atoms with E-state index in [9.17, 15) is 4.79 Å². The Hall–Kier alpha value is -2.55. The van der Waals surface area contributed by atoms with Gasteiger partial charge in [0.2, 0.25) is 0 Å². The van der Waals surface area contributed by atoms with Crippen LogP contribution in [0.15, 0.2) is 54.6 Å². The van der Waals surface area contributed by atoms with E-state index in [-0.39, 0.29) is 17.4 Å². The number of rotatable bonds is 5. The van der Waals surface area contributed by atoms with Gasteiger partial charge in [0.15, 0.2) is 0 Å². The standard InChI is InChI=1S/C25H33NO2/c1-24(2,3)21-15-20(16-22(17-21)25(4,5)6)13-10-14-26-23(27)28-18-19-11-8-7-9-12-19/h7-13,15-17H,14,18H2,1-6H3,(H,26,27). The van der Waals surface area contributed by atoms with Crippen LogP contribution in [0.25, 0.3) is 6.08 Å². The van der Waals surface area contributed by atoms with Crippen LogP contribution in [0.3, 0.4) is 0 Å². The molecule has 1 N–H and O–H groups in total. The van der Waals surface area contributed by atoms with Gasteiger partial charge in [0.05, 0.1) is 0 Å². The Bertz CT molecular complexity index is 776. The molecule has 2 aromatic carbocycles. The van der Waals surface area contributed by atoms with Crippen molar-refractivity contribution in [3.8, 4) is 0 Å². The maximum absolute atomic E-state index is 11.8. The largest absolute Gasteiger partial charge is 0.445 e. The van der Waals surface area contributed by atoms with Gasteiger partial charge in [0.25, 0.3) is 0 Å². The third-order valence-corrected chi connectivity index (χ3v) is 4.57. The smallest absolute Gasteiger partial charge is 0.407 e. The average Bonchev–Trinajstić information content (AvgIpc) is 2.63. The molecular weight excluding hydrogens is 346 g/mol. The third-order valence-electron chi connectivity index (χ3n) is 4.57. The number of hydrogen-bond donors (Lipinski definition) is 1. The predicted molar refractivity (Wildman–Crippen MR) is 118 cm³/mol. The fraction of sp³-hybridized carbons (Fsp3) is 0.400. The van der Waals surface area contributed by atoms with Gasteiger partial charge >= 0.3 is 6.09 Å². The lowest BCUT2D eigenvalue weighted by Crippen LogP contribution is -2.24. The van der Waals surface area contributed by atoms with E-state index in [0.717, 1.165) is 11.1 Å². The molecular formula is C25H33NO2. The van der Waals surface area contributed by atoms with Crippen molar-refractivity contribution in [3.05, 3.63) is 76.9 Å². The lowest BCUT2D eigenvalue weighted by Gasteiger charge is -2.25. The van der Waals surface area contributed by atoms with E-state index >= 15 is 0 Å². The summed E-state index contributed by atoms with van der Waals surface area (Å²) in [7, 11) is 0. The van der Waals surface area contributed by atoms with Crippen molar-refractivity contribution < 1.29 is 9.53 Å². The van der Waals surface area contributed by atoms with E-state index in [1.54, 1.807) is 0 Å². The van der Waals surface area contributed by atoms with Gasteiger partial charge in [-0.3, -0.25) is 0 Å². The summed E-state index contributed by atoms with van der Waals surface area (Å²) in [6.07, 6.45) is 3.60. The normalized spacial score (nSPS) is 12.2. The van der Waals surface area contributed by atoms with Crippen LogP contribution in [0.2, 0.25) is 0 Å². The SMILES string of the molecule is CC(C)(C)c1cc(C=CCNC(=O)OCc2ccccc2)cc(C(C)(C)C)c1. The Morgan fingerprint density at radius 2 is 1.50 bits per heavy atom. The van der Waals surface area contributed by atoms with Crippen molar-refractivity contribution in [3.63, 3.8) is 0 Å². The maximum atomic E-state index is 11.8. The molecule has 2 aromatic rings. The molecule has 0 radical (unpaired) electrons. The predicted octanol–water partition coefficient (Wildman–Crippen LogP) is 6.22. The van der Waals surface area contributed by atoms with Crippen LogP contribution in [0.5, 0.6) is 0 Å². The molecule has 0 aliphatic carbocycles. The molecule has 0 saturated heterocycles. The highest BCUT2D eigenvalue weighted by Crippen LogP contribution is 2.30. The molecule has 0 aliphatic rings. The summed E-state index contributed by atoms with van der Waals surface area (Å²) in [5.41, 5.74) is 4.93. The quantitative estimate of drug-likeness (QED) is 0.669. The summed E-state index contributed by atoms with van der Waals surface area (Å²) in [5, 5.41) is 2.76. The summed E-state index contributed by atoms with van der Waals surface area (Å²) < 4.78 is 5.22. The zero-order valence-electron chi connectivity index (χ0n) is 18.0. The number of carbonyl (C=O) groups excluding carboxylic acids is 1. The van der Waals surface area contributed by atoms with E-state index in [4.69, 9.17) is 4.74 Å². The number of ether oxygens (including phenoxy) is 1. The Kier molecular flexibility index (Phi) is 7.06. The van der Waals surface area contributed by atoms with Gasteiger partial charge in [-0.15, -0.1) is 0 Å². The van der Waals surface area contributed by atoms with Crippen LogP contribution in [0.4, 0.5) is 4.79 Å². The van der Waals surface area contributed by atoms with Crippen LogP contribution in [-0.4, -0.2) is 12.6 Å². The molecule has 0 aliphatic heterocycles. The minimum atomic E-state index is -0.410. The molecule has 0 aromatic heterocycles. The van der Waals surface area contributed by atoms with Gasteiger partial charge < -0.3 is 10.1 Å². The summed E-state index contributed by atoms with van der Waals surface area (Å²) in [4.78, 5) is 11.8. The third kappa shape index (κ3) is 6.88. The van der Waals surface area contributed by atoms with Gasteiger partial charge in [-0.2, -0.15) is 0 Å². The fourth-order valence-electron chi connectivity index (χ4n) is 2.73. The van der Waals surface area contributed by atoms with Gasteiger partial charge in [-0.1, -0.05) is 102 Å². The Morgan fingerprint density at radius 3 is 2.04 bits per heavy atom. The van der Waals surface area contributed by atoms with E-state index in [2.05, 4.69) is 71.1 Å². The number of amides is 1. The van der Waals surface area contributed by atoms with E-state index in [1.165, 1.54) is 11.1 Å². The van der Waals surface area contributed by atoms with Crippen molar-refractivity contribution in [2.75, 3.05) is 6.54 Å². The first-order valence-electron chi connectivity index (χ1n) is 9.83. The molecule has 0 bridgehead atoms. The molecule has 1 amide bonds. The maximum Gasteiger partial charge on any atom is 0.407 e. The summed E-state index contributed by atoms with van der Waals surface area (Å²) in [5.74, 6) is 0. The Morgan fingerprint density at radius 1 is 0.929 bits per heavy atom. The number of carbonyl (C=O) groups is 1. The van der Waals surface area contributed by atoms with Crippen LogP contribution in [-0.2, 0) is 22.2 Å². The van der Waals surface area contributed by atoms with Crippen LogP contribution in [0.1, 0.15) is 63.8 Å². The highest BCUT2D eigenvalue weighted by molar-refractivity contribution is 5.67. The van der Waals surface area contributed by atoms with Crippen molar-refractivity contribution in [1.29, 1.82) is 0 Å². The lowest BCUT2D eigenvalue weighted by molar-refractivity contribution is 0.141. The molecule has 0 unspecified atom stereocenters. The van der Waals surface area contributed by atoms with Crippen molar-refractivity contribution in [1.82, 2.24) is 5.32 Å². The van der Waals surface area contributed by atoms with Crippen molar-refractivity contribution in [2.45, 2.75) is 59.0 Å². The van der Waals surface area contributed by atoms with Gasteiger partial charge in [0, 0.05) is 6.54 Å². The second-order valence-corrected chi connectivity index (χ2v) is 9.19. The average molecular weight is 380 g/mol. The van der Waals surface area contributed by atoms with Crippen LogP contribution >= 0.6 is 0 Å². The minimum absolute atomic E-state index is 0.0867. The topological polar surface area (TPSA) is 38.3 Å². The lowest BCUT2D eigenvalue weighted by atomic mass is 9.79. The van der Waals surface area contributed by atoms with Crippen molar-refractivity contribution in [2.24, 2.45) is 0 Å². The molecule has 0 heterocycles. The van der Waals surface area contributed by atoms with Gasteiger partial charge in [0.1, 0.15) is 6.61 Å². The molecule has 3 heteroatoms. The van der Waals surface area contributed by atoms with Crippen LogP contribution < -0.4 is 5.32 Å². The zero-order chi connectivity index (χ0) is 20.8. The first kappa shape index (κ1) is 21.7. The molecule has 2 rings (SSSR count). The Labute approximate surface area is 169 Å². The summed E-state index contributed by atoms with van der Waals surface area (Å²) in [6.45, 7) is 14.1. The second kappa shape index (κ2) is 9.09. The Balaban J connectivity index is 1.96. The van der Waals surface area contributed by atoms with Crippen molar-refractivity contribution >= 4 is 12.2 Å². The van der Waals surface area contributed by atoms with Gasteiger partial charge in [-0.25, -0.2) is 4.79 Å². The number of hydrogen-bond acceptors (Lipinski definition) is 2. The molecule has 0 atom stereocenters. The number of nitrogens with one attached hydrogen (secondary N) is 1. The molecule has 3 nitrogen and oxygen atoms in total. The second-order valence-electron chi connectivity index (χ2n) is 9.19. The molecule has 28 heavy (non-hydrogen) atoms. The van der Waals surface area contributed by atoms with E-state index in [0.29, 0.717) is 6.54 Å². The molecule has 0 saturated carbocycles. The minimum Gasteiger partial charge on any atom is -0.445 e. The fourth-order valence-corrected chi connectivity index (χ4v) is 2.73. The highest BCUT2D eigenvalue weighted by Gasteiger charge is 2.19. The number of alkyl carbamates (subject to hydrolysis) is 1. The van der Waals surface area contributed by atoms with Crippen LogP contribution in [0, 0.1) is 0 Å². The monoisotopic (exact) mass is 379 g/mol. The highest BCUT2D eigenvalue weighted by atomic mass is 16.5. The van der Waals surface area contributed by atoms with E-state index < -0.39 is 6.09 Å². The van der Waals surface area contributed by atoms with Gasteiger partial charge in [-0.05, 0) is 33.1 Å². The number of benzene rings is 2. The zero-order valence-corrected chi connectivity index (χ0v) is 18.0. The van der Waals surface area contributed by atoms with E-state index in [1.807, 2.05) is 36.4 Å². The first-order valence-corrected chi connectivity index (χ1v) is 9.83. The first-order chi connectivity index (χ1) is 13.1. The summed E-state index contributed by atoms with van der Waals surface area (Å²) >= 11 is 0. The summed E-state index contributed by atoms with van der Waals surface area (Å²) in [6, 6.07) is 16.4. The molecule has 0 fully saturated rings. The molecule has 150 valence electrons. The molecule has 0 spiro atoms.